The fourth-order valence-corrected chi connectivity index (χ4v) is 1.65. The summed E-state index contributed by atoms with van der Waals surface area (Å²) < 4.78 is 12.6. The van der Waals surface area contributed by atoms with Crippen LogP contribution in [0.15, 0.2) is 12.5 Å². The van der Waals surface area contributed by atoms with Gasteiger partial charge in [-0.1, -0.05) is 6.92 Å². The van der Waals surface area contributed by atoms with Crippen LogP contribution in [0.5, 0.6) is 0 Å². The molecule has 0 aliphatic carbocycles. The van der Waals surface area contributed by atoms with Gasteiger partial charge in [-0.2, -0.15) is 0 Å². The maximum Gasteiger partial charge on any atom is 0.0983 e. The quantitative estimate of drug-likeness (QED) is 0.656. The molecule has 5 heteroatoms. The monoisotopic (exact) mass is 241 g/mol. The van der Waals surface area contributed by atoms with E-state index in [4.69, 9.17) is 9.47 Å². The van der Waals surface area contributed by atoms with Crippen LogP contribution >= 0.6 is 0 Å². The molecular weight excluding hydrogens is 218 g/mol. The summed E-state index contributed by atoms with van der Waals surface area (Å²) in [5, 5.41) is 3.37. The molecule has 0 radical (unpaired) electrons. The smallest absolute Gasteiger partial charge is 0.0983 e. The highest BCUT2D eigenvalue weighted by Gasteiger charge is 2.10. The molecule has 5 nitrogen and oxygen atoms in total. The third-order valence-electron chi connectivity index (χ3n) is 2.62. The summed E-state index contributed by atoms with van der Waals surface area (Å²) in [6.45, 7) is 5.39. The standard InChI is InChI=1S/C12H23N3O2/c1-4-5-13-6-11-7-14-10-15(11)8-12(17-3)9-16-2/h7,10,12-13H,4-6,8-9H2,1-3H3. The molecule has 1 heterocycles. The molecule has 0 saturated carbocycles. The minimum Gasteiger partial charge on any atom is -0.382 e. The Bertz CT molecular complexity index is 302. The normalized spacial score (nSPS) is 12.9. The van der Waals surface area contributed by atoms with E-state index in [1.165, 1.54) is 5.69 Å². The number of hydrogen-bond donors (Lipinski definition) is 1. The zero-order valence-electron chi connectivity index (χ0n) is 11.0. The summed E-state index contributed by atoms with van der Waals surface area (Å²) >= 11 is 0. The zero-order chi connectivity index (χ0) is 12.5. The van der Waals surface area contributed by atoms with Crippen molar-refractivity contribution in [2.24, 2.45) is 0 Å². The van der Waals surface area contributed by atoms with Gasteiger partial charge in [0.05, 0.1) is 31.3 Å². The number of nitrogens with one attached hydrogen (secondary N) is 1. The van der Waals surface area contributed by atoms with Crippen molar-refractivity contribution >= 4 is 0 Å². The number of imidazole rings is 1. The minimum atomic E-state index is 0.0686. The van der Waals surface area contributed by atoms with Gasteiger partial charge in [0.15, 0.2) is 0 Å². The van der Waals surface area contributed by atoms with Crippen molar-refractivity contribution in [2.45, 2.75) is 32.5 Å². The second-order valence-corrected chi connectivity index (χ2v) is 4.03. The molecule has 1 aromatic heterocycles. The van der Waals surface area contributed by atoms with E-state index in [0.29, 0.717) is 6.61 Å². The Labute approximate surface area is 103 Å². The molecular formula is C12H23N3O2. The molecule has 0 fully saturated rings. The van der Waals surface area contributed by atoms with Crippen LogP contribution in [0.4, 0.5) is 0 Å². The number of ether oxygens (including phenoxy) is 2. The van der Waals surface area contributed by atoms with E-state index in [1.54, 1.807) is 14.2 Å². The van der Waals surface area contributed by atoms with Gasteiger partial charge in [0.25, 0.3) is 0 Å². The van der Waals surface area contributed by atoms with Crippen molar-refractivity contribution in [1.29, 1.82) is 0 Å². The van der Waals surface area contributed by atoms with Gasteiger partial charge in [0.2, 0.25) is 0 Å². The molecule has 98 valence electrons. The van der Waals surface area contributed by atoms with Crippen LogP contribution in [0.1, 0.15) is 19.0 Å². The summed E-state index contributed by atoms with van der Waals surface area (Å²) in [4.78, 5) is 4.17. The van der Waals surface area contributed by atoms with Crippen LogP contribution in [0.25, 0.3) is 0 Å². The van der Waals surface area contributed by atoms with E-state index in [9.17, 15) is 0 Å². The highest BCUT2D eigenvalue weighted by atomic mass is 16.5. The SMILES string of the molecule is CCCNCc1cncn1CC(COC)OC. The molecule has 0 bridgehead atoms. The third kappa shape index (κ3) is 4.85. The first kappa shape index (κ1) is 14.2. The Morgan fingerprint density at radius 3 is 2.94 bits per heavy atom. The van der Waals surface area contributed by atoms with Gasteiger partial charge < -0.3 is 19.4 Å². The lowest BCUT2D eigenvalue weighted by atomic mass is 10.3. The molecule has 0 saturated heterocycles. The molecule has 0 aliphatic rings. The lowest BCUT2D eigenvalue weighted by molar-refractivity contribution is 0.0179. The lowest BCUT2D eigenvalue weighted by Gasteiger charge is -2.16. The van der Waals surface area contributed by atoms with Gasteiger partial charge in [-0.15, -0.1) is 0 Å². The van der Waals surface area contributed by atoms with Crippen molar-refractivity contribution in [3.8, 4) is 0 Å². The summed E-state index contributed by atoms with van der Waals surface area (Å²) in [7, 11) is 3.39. The molecule has 17 heavy (non-hydrogen) atoms. The van der Waals surface area contributed by atoms with E-state index in [1.807, 2.05) is 12.5 Å². The predicted molar refractivity (Wildman–Crippen MR) is 66.9 cm³/mol. The molecule has 1 atom stereocenters. The van der Waals surface area contributed by atoms with Gasteiger partial charge in [0, 0.05) is 27.0 Å². The van der Waals surface area contributed by atoms with Crippen molar-refractivity contribution in [3.05, 3.63) is 18.2 Å². The summed E-state index contributed by atoms with van der Waals surface area (Å²) in [5.74, 6) is 0. The van der Waals surface area contributed by atoms with Crippen molar-refractivity contribution in [1.82, 2.24) is 14.9 Å². The van der Waals surface area contributed by atoms with Crippen LogP contribution in [0, 0.1) is 0 Å². The van der Waals surface area contributed by atoms with E-state index in [2.05, 4.69) is 21.8 Å². The Balaban J connectivity index is 2.49. The minimum absolute atomic E-state index is 0.0686. The maximum absolute atomic E-state index is 5.35. The average molecular weight is 241 g/mol. The average Bonchev–Trinajstić information content (AvgIpc) is 2.76. The van der Waals surface area contributed by atoms with Gasteiger partial charge >= 0.3 is 0 Å². The highest BCUT2D eigenvalue weighted by Crippen LogP contribution is 2.03. The molecule has 1 aromatic rings. The summed E-state index contributed by atoms with van der Waals surface area (Å²) in [5.41, 5.74) is 1.18. The van der Waals surface area contributed by atoms with Crippen molar-refractivity contribution < 1.29 is 9.47 Å². The number of methoxy groups -OCH3 is 2. The van der Waals surface area contributed by atoms with E-state index >= 15 is 0 Å². The first-order valence-electron chi connectivity index (χ1n) is 6.03. The highest BCUT2D eigenvalue weighted by molar-refractivity contribution is 4.98. The van der Waals surface area contributed by atoms with E-state index in [0.717, 1.165) is 26.1 Å². The van der Waals surface area contributed by atoms with Gasteiger partial charge in [-0.3, -0.25) is 0 Å². The third-order valence-corrected chi connectivity index (χ3v) is 2.62. The summed E-state index contributed by atoms with van der Waals surface area (Å²) in [6, 6.07) is 0. The Hall–Kier alpha value is -0.910. The van der Waals surface area contributed by atoms with Gasteiger partial charge in [-0.25, -0.2) is 4.98 Å². The topological polar surface area (TPSA) is 48.3 Å². The van der Waals surface area contributed by atoms with Crippen LogP contribution in [-0.4, -0.2) is 43.0 Å². The first-order valence-corrected chi connectivity index (χ1v) is 6.03. The number of nitrogens with zero attached hydrogens (tertiary/aromatic N) is 2. The van der Waals surface area contributed by atoms with E-state index in [-0.39, 0.29) is 6.10 Å². The molecule has 1 rings (SSSR count). The lowest BCUT2D eigenvalue weighted by Crippen LogP contribution is -2.25. The van der Waals surface area contributed by atoms with Crippen LogP contribution in [0.2, 0.25) is 0 Å². The predicted octanol–water partition coefficient (Wildman–Crippen LogP) is 1.04. The second kappa shape index (κ2) is 8.22. The molecule has 0 aliphatic heterocycles. The number of hydrogen-bond acceptors (Lipinski definition) is 4. The molecule has 0 spiro atoms. The van der Waals surface area contributed by atoms with Crippen molar-refractivity contribution in [3.63, 3.8) is 0 Å². The fraction of sp³-hybridized carbons (Fsp3) is 0.750. The van der Waals surface area contributed by atoms with Crippen LogP contribution in [-0.2, 0) is 22.6 Å². The number of aromatic nitrogens is 2. The summed E-state index contributed by atoms with van der Waals surface area (Å²) in [6.07, 6.45) is 4.94. The second-order valence-electron chi connectivity index (χ2n) is 4.03. The van der Waals surface area contributed by atoms with Crippen molar-refractivity contribution in [2.75, 3.05) is 27.4 Å². The molecule has 1 N–H and O–H groups in total. The molecule has 0 amide bonds. The first-order chi connectivity index (χ1) is 8.31. The zero-order valence-corrected chi connectivity index (χ0v) is 11.0. The number of rotatable bonds is 9. The van der Waals surface area contributed by atoms with Crippen LogP contribution in [0.3, 0.4) is 0 Å². The maximum atomic E-state index is 5.35. The van der Waals surface area contributed by atoms with Gasteiger partial charge in [-0.05, 0) is 13.0 Å². The Kier molecular flexibility index (Phi) is 6.84. The Morgan fingerprint density at radius 2 is 2.29 bits per heavy atom. The molecule has 1 unspecified atom stereocenters. The van der Waals surface area contributed by atoms with Crippen LogP contribution < -0.4 is 5.32 Å². The molecule has 0 aromatic carbocycles. The van der Waals surface area contributed by atoms with E-state index < -0.39 is 0 Å². The Morgan fingerprint density at radius 1 is 1.47 bits per heavy atom. The van der Waals surface area contributed by atoms with Gasteiger partial charge in [0.1, 0.15) is 0 Å². The largest absolute Gasteiger partial charge is 0.382 e. The fourth-order valence-electron chi connectivity index (χ4n) is 1.65.